The summed E-state index contributed by atoms with van der Waals surface area (Å²) >= 11 is 5.90. The number of hydrogen-bond acceptors (Lipinski definition) is 5. The van der Waals surface area contributed by atoms with E-state index in [-0.39, 0.29) is 12.5 Å². The van der Waals surface area contributed by atoms with Gasteiger partial charge in [0.1, 0.15) is 11.7 Å². The Balaban J connectivity index is 1.23. The van der Waals surface area contributed by atoms with Crippen LogP contribution in [0.1, 0.15) is 35.2 Å². The van der Waals surface area contributed by atoms with Crippen molar-refractivity contribution < 1.29 is 15.0 Å². The lowest BCUT2D eigenvalue weighted by Gasteiger charge is -2.43. The maximum Gasteiger partial charge on any atom is 0.253 e. The van der Waals surface area contributed by atoms with Crippen LogP contribution >= 0.6 is 11.6 Å². The Hall–Kier alpha value is -1.96. The molecule has 172 valence electrons. The van der Waals surface area contributed by atoms with E-state index in [0.29, 0.717) is 36.1 Å². The van der Waals surface area contributed by atoms with Gasteiger partial charge < -0.3 is 20.4 Å². The van der Waals surface area contributed by atoms with Crippen LogP contribution in [0.5, 0.6) is 0 Å². The topological polar surface area (TPSA) is 76.0 Å². The molecular weight excluding hydrogens is 426 g/mol. The molecule has 2 atom stereocenters. The molecule has 2 aliphatic rings. The highest BCUT2D eigenvalue weighted by molar-refractivity contribution is 6.30. The van der Waals surface area contributed by atoms with Gasteiger partial charge in [0.2, 0.25) is 0 Å². The number of piperidine rings is 2. The number of nitrogens with zero attached hydrogens (tertiary/aromatic N) is 2. The van der Waals surface area contributed by atoms with Crippen LogP contribution in [-0.4, -0.2) is 76.4 Å². The van der Waals surface area contributed by atoms with E-state index in [2.05, 4.69) is 34.5 Å². The van der Waals surface area contributed by atoms with Crippen LogP contribution in [0.15, 0.2) is 54.6 Å². The molecule has 2 saturated heterocycles. The van der Waals surface area contributed by atoms with Gasteiger partial charge in [-0.15, -0.1) is 0 Å². The molecule has 2 fully saturated rings. The number of benzene rings is 2. The predicted octanol–water partition coefficient (Wildman–Crippen LogP) is 2.53. The van der Waals surface area contributed by atoms with E-state index in [1.807, 2.05) is 6.07 Å². The highest BCUT2D eigenvalue weighted by Gasteiger charge is 2.42. The summed E-state index contributed by atoms with van der Waals surface area (Å²) in [5.74, 6) is -0.151. The summed E-state index contributed by atoms with van der Waals surface area (Å²) in [6, 6.07) is 17.6. The van der Waals surface area contributed by atoms with Crippen LogP contribution in [0.4, 0.5) is 0 Å². The summed E-state index contributed by atoms with van der Waals surface area (Å²) in [6.07, 6.45) is 1.38. The minimum atomic E-state index is -1.22. The normalized spacial score (nSPS) is 25.1. The molecule has 1 amide bonds. The number of carbonyl (C=O) groups excluding carboxylic acids is 1. The molecule has 0 radical (unpaired) electrons. The molecule has 0 spiro atoms. The van der Waals surface area contributed by atoms with Gasteiger partial charge in [0, 0.05) is 42.8 Å². The first-order valence-corrected chi connectivity index (χ1v) is 11.8. The summed E-state index contributed by atoms with van der Waals surface area (Å²) in [5, 5.41) is 25.8. The molecule has 2 aromatic rings. The average Bonchev–Trinajstić information content (AvgIpc) is 2.81. The van der Waals surface area contributed by atoms with Gasteiger partial charge in [0.25, 0.3) is 5.91 Å². The van der Waals surface area contributed by atoms with Crippen LogP contribution in [0.25, 0.3) is 0 Å². The molecule has 2 aliphatic heterocycles. The molecule has 0 aliphatic carbocycles. The number of β-amino-alcohol motifs (C(OH)–C–C–N with tert-alkyl or cyclic N) is 1. The third-order valence-electron chi connectivity index (χ3n) is 6.74. The first kappa shape index (κ1) is 23.2. The molecule has 4 rings (SSSR count). The Kier molecular flexibility index (Phi) is 7.48. The van der Waals surface area contributed by atoms with E-state index in [4.69, 9.17) is 11.6 Å². The van der Waals surface area contributed by atoms with Gasteiger partial charge in [-0.2, -0.15) is 0 Å². The number of aliphatic hydroxyl groups excluding tert-OH is 1. The fourth-order valence-electron chi connectivity index (χ4n) is 4.59. The Morgan fingerprint density at radius 2 is 1.75 bits per heavy atom. The zero-order valence-corrected chi connectivity index (χ0v) is 19.0. The molecule has 0 unspecified atom stereocenters. The quantitative estimate of drug-likeness (QED) is 0.621. The van der Waals surface area contributed by atoms with Gasteiger partial charge >= 0.3 is 0 Å². The lowest BCUT2D eigenvalue weighted by Crippen LogP contribution is -2.61. The number of carbonyl (C=O) groups is 1. The molecule has 0 bridgehead atoms. The summed E-state index contributed by atoms with van der Waals surface area (Å²) in [6.45, 7) is 3.85. The second-order valence-corrected chi connectivity index (χ2v) is 9.48. The Morgan fingerprint density at radius 3 is 2.41 bits per heavy atom. The molecule has 0 saturated carbocycles. The van der Waals surface area contributed by atoms with E-state index in [1.165, 1.54) is 5.56 Å². The van der Waals surface area contributed by atoms with E-state index < -0.39 is 11.7 Å². The van der Waals surface area contributed by atoms with Crippen molar-refractivity contribution >= 4 is 17.5 Å². The Labute approximate surface area is 194 Å². The number of halogens is 1. The molecule has 0 aromatic heterocycles. The zero-order valence-electron chi connectivity index (χ0n) is 18.3. The van der Waals surface area contributed by atoms with Gasteiger partial charge in [-0.1, -0.05) is 41.9 Å². The van der Waals surface area contributed by atoms with Crippen molar-refractivity contribution in [1.29, 1.82) is 0 Å². The first-order valence-electron chi connectivity index (χ1n) is 11.4. The molecule has 7 heteroatoms. The number of likely N-dealkylation sites (tertiary alicyclic amines) is 2. The SMILES string of the molecule is O=C(c1ccc(Cl)cc1)N1CC[C@](O)(CNC2CCN(Cc3ccccc3)CC2)[C@@H](O)C1. The van der Waals surface area contributed by atoms with Crippen LogP contribution in [0.3, 0.4) is 0 Å². The molecule has 3 N–H and O–H groups in total. The second kappa shape index (κ2) is 10.3. The monoisotopic (exact) mass is 457 g/mol. The third-order valence-corrected chi connectivity index (χ3v) is 6.99. The Bertz CT molecular complexity index is 887. The van der Waals surface area contributed by atoms with Crippen molar-refractivity contribution in [2.24, 2.45) is 0 Å². The van der Waals surface area contributed by atoms with Crippen LogP contribution in [-0.2, 0) is 6.54 Å². The Morgan fingerprint density at radius 1 is 1.06 bits per heavy atom. The van der Waals surface area contributed by atoms with Gasteiger partial charge in [-0.3, -0.25) is 9.69 Å². The van der Waals surface area contributed by atoms with Crippen molar-refractivity contribution in [3.8, 4) is 0 Å². The van der Waals surface area contributed by atoms with Crippen LogP contribution in [0.2, 0.25) is 5.02 Å². The average molecular weight is 458 g/mol. The predicted molar refractivity (Wildman–Crippen MR) is 126 cm³/mol. The minimum Gasteiger partial charge on any atom is -0.388 e. The van der Waals surface area contributed by atoms with Crippen molar-refractivity contribution in [3.63, 3.8) is 0 Å². The lowest BCUT2D eigenvalue weighted by molar-refractivity contribution is -0.111. The molecule has 2 heterocycles. The molecule has 32 heavy (non-hydrogen) atoms. The number of rotatable bonds is 6. The van der Waals surface area contributed by atoms with E-state index in [9.17, 15) is 15.0 Å². The van der Waals surface area contributed by atoms with Gasteiger partial charge in [0.05, 0.1) is 0 Å². The van der Waals surface area contributed by atoms with Crippen molar-refractivity contribution in [2.45, 2.75) is 43.6 Å². The fourth-order valence-corrected chi connectivity index (χ4v) is 4.71. The van der Waals surface area contributed by atoms with Crippen molar-refractivity contribution in [1.82, 2.24) is 15.1 Å². The van der Waals surface area contributed by atoms with Gasteiger partial charge in [-0.05, 0) is 62.2 Å². The van der Waals surface area contributed by atoms with Crippen LogP contribution in [0, 0.1) is 0 Å². The van der Waals surface area contributed by atoms with E-state index in [1.54, 1.807) is 29.2 Å². The smallest absolute Gasteiger partial charge is 0.253 e. The van der Waals surface area contributed by atoms with Gasteiger partial charge in [-0.25, -0.2) is 0 Å². The summed E-state index contributed by atoms with van der Waals surface area (Å²) in [7, 11) is 0. The van der Waals surface area contributed by atoms with Crippen molar-refractivity contribution in [2.75, 3.05) is 32.7 Å². The van der Waals surface area contributed by atoms with Crippen LogP contribution < -0.4 is 5.32 Å². The zero-order chi connectivity index (χ0) is 22.6. The fraction of sp³-hybridized carbons (Fsp3) is 0.480. The highest BCUT2D eigenvalue weighted by Crippen LogP contribution is 2.25. The third kappa shape index (κ3) is 5.69. The number of hydrogen-bond donors (Lipinski definition) is 3. The largest absolute Gasteiger partial charge is 0.388 e. The maximum absolute atomic E-state index is 12.7. The minimum absolute atomic E-state index is 0.120. The number of nitrogens with one attached hydrogen (secondary N) is 1. The van der Waals surface area contributed by atoms with E-state index >= 15 is 0 Å². The summed E-state index contributed by atoms with van der Waals surface area (Å²) in [4.78, 5) is 16.8. The van der Waals surface area contributed by atoms with E-state index in [0.717, 1.165) is 32.5 Å². The standard InChI is InChI=1S/C25H32ClN3O3/c26-21-8-6-20(7-9-21)24(31)29-15-12-25(32,23(30)17-29)18-27-22-10-13-28(14-11-22)16-19-4-2-1-3-5-19/h1-9,22-23,27,30,32H,10-18H2/t23-,25-/m0/s1. The maximum atomic E-state index is 12.7. The van der Waals surface area contributed by atoms with Crippen molar-refractivity contribution in [3.05, 3.63) is 70.7 Å². The second-order valence-electron chi connectivity index (χ2n) is 9.04. The summed E-state index contributed by atoms with van der Waals surface area (Å²) in [5.41, 5.74) is 0.640. The first-order chi connectivity index (χ1) is 15.4. The highest BCUT2D eigenvalue weighted by atomic mass is 35.5. The van der Waals surface area contributed by atoms with Gasteiger partial charge in [0.15, 0.2) is 0 Å². The molecular formula is C25H32ClN3O3. The molecule has 6 nitrogen and oxygen atoms in total. The number of amides is 1. The number of aliphatic hydroxyl groups is 2. The molecule has 2 aromatic carbocycles. The lowest BCUT2D eigenvalue weighted by atomic mass is 9.87. The summed E-state index contributed by atoms with van der Waals surface area (Å²) < 4.78 is 0.